The van der Waals surface area contributed by atoms with Gasteiger partial charge in [0.05, 0.1) is 11.0 Å². The lowest BCUT2D eigenvalue weighted by molar-refractivity contribution is 0.464. The number of para-hydroxylation sites is 1. The van der Waals surface area contributed by atoms with Crippen molar-refractivity contribution in [3.05, 3.63) is 34.0 Å². The van der Waals surface area contributed by atoms with Gasteiger partial charge in [-0.1, -0.05) is 46.8 Å². The Morgan fingerprint density at radius 2 is 1.95 bits per heavy atom. The number of fused-ring (bicyclic) bond motifs is 1. The predicted molar refractivity (Wildman–Crippen MR) is 89.2 cm³/mol. The minimum Gasteiger partial charge on any atom is -0.458 e. The Bertz CT molecular complexity index is 593. The van der Waals surface area contributed by atoms with Crippen LogP contribution >= 0.6 is 15.9 Å². The molecule has 0 saturated heterocycles. The first kappa shape index (κ1) is 15.6. The van der Waals surface area contributed by atoms with Gasteiger partial charge in [-0.15, -0.1) is 0 Å². The Hall–Kier alpha value is -0.800. The minimum atomic E-state index is 0.0703. The Labute approximate surface area is 130 Å². The Morgan fingerprint density at radius 1 is 1.25 bits per heavy atom. The number of furan rings is 1. The highest BCUT2D eigenvalue weighted by Gasteiger charge is 2.25. The highest BCUT2D eigenvalue weighted by molar-refractivity contribution is 9.10. The van der Waals surface area contributed by atoms with Gasteiger partial charge in [-0.3, -0.25) is 0 Å². The summed E-state index contributed by atoms with van der Waals surface area (Å²) in [6.07, 6.45) is 0. The van der Waals surface area contributed by atoms with Crippen molar-refractivity contribution in [2.24, 2.45) is 5.92 Å². The largest absolute Gasteiger partial charge is 0.458 e. The average Bonchev–Trinajstić information content (AvgIpc) is 2.68. The molecule has 0 aliphatic carbocycles. The van der Waals surface area contributed by atoms with Gasteiger partial charge in [0.1, 0.15) is 11.3 Å². The smallest absolute Gasteiger partial charge is 0.148 e. The lowest BCUT2D eigenvalue weighted by Crippen LogP contribution is -2.21. The van der Waals surface area contributed by atoms with E-state index in [-0.39, 0.29) is 5.41 Å². The van der Waals surface area contributed by atoms with Crippen molar-refractivity contribution in [2.45, 2.75) is 46.6 Å². The summed E-state index contributed by atoms with van der Waals surface area (Å²) in [5.41, 5.74) is 2.34. The number of benzene rings is 1. The van der Waals surface area contributed by atoms with Crippen LogP contribution < -0.4 is 5.32 Å². The van der Waals surface area contributed by atoms with Crippen LogP contribution in [0.1, 0.15) is 45.9 Å². The third-order valence-corrected chi connectivity index (χ3v) is 3.95. The van der Waals surface area contributed by atoms with Crippen LogP contribution in [-0.4, -0.2) is 6.54 Å². The predicted octanol–water partition coefficient (Wildman–Crippen LogP) is 5.24. The zero-order valence-electron chi connectivity index (χ0n) is 13.0. The van der Waals surface area contributed by atoms with Crippen LogP contribution in [0.25, 0.3) is 11.0 Å². The molecular formula is C17H24BrNO. The Kier molecular flexibility index (Phi) is 4.60. The van der Waals surface area contributed by atoms with Crippen molar-refractivity contribution in [1.29, 1.82) is 0 Å². The van der Waals surface area contributed by atoms with E-state index in [1.165, 1.54) is 10.9 Å². The second kappa shape index (κ2) is 5.90. The van der Waals surface area contributed by atoms with Crippen LogP contribution in [-0.2, 0) is 12.0 Å². The zero-order valence-corrected chi connectivity index (χ0v) is 14.6. The summed E-state index contributed by atoms with van der Waals surface area (Å²) in [6, 6.07) is 6.25. The molecule has 1 heterocycles. The van der Waals surface area contributed by atoms with Crippen LogP contribution in [0.3, 0.4) is 0 Å². The lowest BCUT2D eigenvalue weighted by Gasteiger charge is -2.19. The molecule has 0 atom stereocenters. The van der Waals surface area contributed by atoms with Crippen molar-refractivity contribution in [3.63, 3.8) is 0 Å². The van der Waals surface area contributed by atoms with Gasteiger partial charge in [0.25, 0.3) is 0 Å². The van der Waals surface area contributed by atoms with E-state index in [1.807, 2.05) is 6.07 Å². The second-order valence-electron chi connectivity index (χ2n) is 6.79. The van der Waals surface area contributed by atoms with Crippen LogP contribution in [0.15, 0.2) is 27.1 Å². The second-order valence-corrected chi connectivity index (χ2v) is 7.65. The van der Waals surface area contributed by atoms with Crippen LogP contribution in [0, 0.1) is 5.92 Å². The molecule has 1 N–H and O–H groups in total. The molecule has 1 aromatic heterocycles. The molecule has 2 nitrogen and oxygen atoms in total. The van der Waals surface area contributed by atoms with Gasteiger partial charge in [-0.25, -0.2) is 0 Å². The molecule has 0 saturated carbocycles. The van der Waals surface area contributed by atoms with E-state index in [0.717, 1.165) is 28.9 Å². The summed E-state index contributed by atoms with van der Waals surface area (Å²) in [7, 11) is 0. The molecule has 2 rings (SSSR count). The van der Waals surface area contributed by atoms with Crippen LogP contribution in [0.2, 0.25) is 0 Å². The average molecular weight is 338 g/mol. The topological polar surface area (TPSA) is 25.2 Å². The Balaban J connectivity index is 2.44. The maximum Gasteiger partial charge on any atom is 0.148 e. The fourth-order valence-corrected chi connectivity index (χ4v) is 3.00. The third kappa shape index (κ3) is 3.26. The van der Waals surface area contributed by atoms with Gasteiger partial charge in [0, 0.05) is 10.9 Å². The van der Waals surface area contributed by atoms with Crippen molar-refractivity contribution >= 4 is 26.9 Å². The molecule has 0 fully saturated rings. The molecule has 0 bridgehead atoms. The van der Waals surface area contributed by atoms with E-state index < -0.39 is 0 Å². The summed E-state index contributed by atoms with van der Waals surface area (Å²) in [6.45, 7) is 12.9. The normalized spacial score (nSPS) is 12.6. The summed E-state index contributed by atoms with van der Waals surface area (Å²) in [5.74, 6) is 1.70. The fourth-order valence-electron chi connectivity index (χ4n) is 2.55. The summed E-state index contributed by atoms with van der Waals surface area (Å²) < 4.78 is 7.15. The summed E-state index contributed by atoms with van der Waals surface area (Å²) in [5, 5.41) is 4.70. The zero-order chi connectivity index (χ0) is 14.9. The van der Waals surface area contributed by atoms with Gasteiger partial charge >= 0.3 is 0 Å². The van der Waals surface area contributed by atoms with Crippen molar-refractivity contribution in [3.8, 4) is 0 Å². The molecule has 1 aromatic carbocycles. The molecule has 0 aliphatic rings. The maximum atomic E-state index is 6.13. The molecule has 0 aliphatic heterocycles. The van der Waals surface area contributed by atoms with Gasteiger partial charge < -0.3 is 9.73 Å². The molecule has 20 heavy (non-hydrogen) atoms. The lowest BCUT2D eigenvalue weighted by atomic mass is 9.85. The SMILES string of the molecule is CC(C)CNCc1oc2c(Br)cccc2c1C(C)(C)C. The number of halogens is 1. The highest BCUT2D eigenvalue weighted by atomic mass is 79.9. The first-order valence-electron chi connectivity index (χ1n) is 7.21. The molecule has 0 amide bonds. The van der Waals surface area contributed by atoms with Gasteiger partial charge in [-0.2, -0.15) is 0 Å². The van der Waals surface area contributed by atoms with Gasteiger partial charge in [0.15, 0.2) is 0 Å². The molecule has 110 valence electrons. The standard InChI is InChI=1S/C17H24BrNO/c1-11(2)9-19-10-14-15(17(3,4)5)12-7-6-8-13(18)16(12)20-14/h6-8,11,19H,9-10H2,1-5H3. The first-order chi connectivity index (χ1) is 9.30. The maximum absolute atomic E-state index is 6.13. The molecule has 2 aromatic rings. The van der Waals surface area contributed by atoms with Crippen molar-refractivity contribution in [1.82, 2.24) is 5.32 Å². The minimum absolute atomic E-state index is 0.0703. The molecule has 0 spiro atoms. The number of rotatable bonds is 4. The van der Waals surface area contributed by atoms with E-state index >= 15 is 0 Å². The van der Waals surface area contributed by atoms with Crippen molar-refractivity contribution in [2.75, 3.05) is 6.54 Å². The quantitative estimate of drug-likeness (QED) is 0.825. The van der Waals surface area contributed by atoms with Gasteiger partial charge in [0.2, 0.25) is 0 Å². The van der Waals surface area contributed by atoms with E-state index in [0.29, 0.717) is 5.92 Å². The van der Waals surface area contributed by atoms with E-state index in [2.05, 4.69) is 68.0 Å². The number of nitrogens with one attached hydrogen (secondary N) is 1. The highest BCUT2D eigenvalue weighted by Crippen LogP contribution is 2.38. The number of hydrogen-bond donors (Lipinski definition) is 1. The summed E-state index contributed by atoms with van der Waals surface area (Å²) >= 11 is 3.59. The molecule has 0 unspecified atom stereocenters. The van der Waals surface area contributed by atoms with E-state index in [4.69, 9.17) is 4.42 Å². The first-order valence-corrected chi connectivity index (χ1v) is 8.01. The van der Waals surface area contributed by atoms with Crippen LogP contribution in [0.5, 0.6) is 0 Å². The van der Waals surface area contributed by atoms with Gasteiger partial charge in [-0.05, 0) is 39.9 Å². The molecular weight excluding hydrogens is 314 g/mol. The molecule has 3 heteroatoms. The number of hydrogen-bond acceptors (Lipinski definition) is 2. The van der Waals surface area contributed by atoms with E-state index in [9.17, 15) is 0 Å². The van der Waals surface area contributed by atoms with E-state index in [1.54, 1.807) is 0 Å². The summed E-state index contributed by atoms with van der Waals surface area (Å²) in [4.78, 5) is 0. The van der Waals surface area contributed by atoms with Crippen LogP contribution in [0.4, 0.5) is 0 Å². The monoisotopic (exact) mass is 337 g/mol. The Morgan fingerprint density at radius 3 is 2.55 bits per heavy atom. The fraction of sp³-hybridized carbons (Fsp3) is 0.529. The third-order valence-electron chi connectivity index (χ3n) is 3.33. The molecule has 0 radical (unpaired) electrons. The van der Waals surface area contributed by atoms with Crippen molar-refractivity contribution < 1.29 is 4.42 Å².